The second-order valence-electron chi connectivity index (χ2n) is 12.2. The second-order valence-corrected chi connectivity index (χ2v) is 15.8. The van der Waals surface area contributed by atoms with Crippen LogP contribution in [0.3, 0.4) is 0 Å². The first kappa shape index (κ1) is 40.5. The summed E-state index contributed by atoms with van der Waals surface area (Å²) in [6.45, 7) is 2.25. The highest BCUT2D eigenvalue weighted by atomic mass is 79.9. The van der Waals surface area contributed by atoms with E-state index in [2.05, 4.69) is 159 Å². The molecule has 262 valence electrons. The van der Waals surface area contributed by atoms with E-state index >= 15 is 0 Å². The predicted molar refractivity (Wildman–Crippen MR) is 215 cm³/mol. The van der Waals surface area contributed by atoms with Gasteiger partial charge in [-0.2, -0.15) is 0 Å². The van der Waals surface area contributed by atoms with Crippen LogP contribution in [0.4, 0.5) is 0 Å². The monoisotopic (exact) mass is 748 g/mol. The third-order valence-electron chi connectivity index (χ3n) is 8.81. The smallest absolute Gasteiger partial charge is 0.118 e. The summed E-state index contributed by atoms with van der Waals surface area (Å²) in [6, 6.07) is 50.0. The van der Waals surface area contributed by atoms with E-state index in [9.17, 15) is 0 Å². The Balaban J connectivity index is 0.000000285. The van der Waals surface area contributed by atoms with Crippen LogP contribution in [0, 0.1) is 0 Å². The van der Waals surface area contributed by atoms with E-state index in [1.807, 2.05) is 12.1 Å². The second kappa shape index (κ2) is 23.5. The molecule has 0 bridgehead atoms. The van der Waals surface area contributed by atoms with Crippen molar-refractivity contribution in [1.29, 1.82) is 0 Å². The Kier molecular flexibility index (Phi) is 19.0. The Bertz CT molecular complexity index is 1540. The summed E-state index contributed by atoms with van der Waals surface area (Å²) >= 11 is 0. The van der Waals surface area contributed by atoms with Crippen LogP contribution in [0.15, 0.2) is 164 Å². The fourth-order valence-corrected chi connectivity index (χ4v) is 10.3. The molecule has 0 atom stereocenters. The van der Waals surface area contributed by atoms with Gasteiger partial charge >= 0.3 is 0 Å². The minimum Gasteiger partial charge on any atom is -1.00 e. The molecule has 0 aliphatic carbocycles. The molecule has 0 N–H and O–H groups in total. The van der Waals surface area contributed by atoms with Gasteiger partial charge in [-0.25, -0.2) is 0 Å². The summed E-state index contributed by atoms with van der Waals surface area (Å²) in [7, 11) is 1.64. The zero-order valence-corrected chi connectivity index (χ0v) is 32.6. The molecule has 5 aromatic carbocycles. The number of methoxy groups -OCH3 is 2. The summed E-state index contributed by atoms with van der Waals surface area (Å²) < 4.78 is 10.5. The summed E-state index contributed by atoms with van der Waals surface area (Å²) in [5, 5.41) is 4.31. The molecule has 5 rings (SSSR count). The van der Waals surface area contributed by atoms with Gasteiger partial charge in [0.25, 0.3) is 0 Å². The number of aryl methyl sites for hydroxylation is 1. The lowest BCUT2D eigenvalue weighted by Crippen LogP contribution is -3.00. The molecule has 0 fully saturated rings. The molecule has 0 unspecified atom stereocenters. The van der Waals surface area contributed by atoms with Crippen molar-refractivity contribution < 1.29 is 26.5 Å². The number of benzene rings is 5. The number of halogens is 1. The van der Waals surface area contributed by atoms with Gasteiger partial charge in [0.2, 0.25) is 0 Å². The molecule has 5 aromatic rings. The number of unbranched alkanes of at least 4 members (excludes halogenated alkanes) is 4. The van der Waals surface area contributed by atoms with Crippen molar-refractivity contribution in [3.05, 3.63) is 175 Å². The van der Waals surface area contributed by atoms with Crippen molar-refractivity contribution in [3.8, 4) is 11.5 Å². The van der Waals surface area contributed by atoms with E-state index in [4.69, 9.17) is 9.47 Å². The van der Waals surface area contributed by atoms with Gasteiger partial charge in [0.15, 0.2) is 0 Å². The summed E-state index contributed by atoms with van der Waals surface area (Å²) in [5.41, 5.74) is 2.68. The highest BCUT2D eigenvalue weighted by Crippen LogP contribution is 2.55. The largest absolute Gasteiger partial charge is 1.00 e. The summed E-state index contributed by atoms with van der Waals surface area (Å²) in [5.74, 6) is 1.83. The Morgan fingerprint density at radius 2 is 0.900 bits per heavy atom. The number of ether oxygens (including phenoxy) is 2. The van der Waals surface area contributed by atoms with Crippen molar-refractivity contribution >= 4 is 23.2 Å². The van der Waals surface area contributed by atoms with Gasteiger partial charge in [-0.1, -0.05) is 123 Å². The van der Waals surface area contributed by atoms with Gasteiger partial charge in [0, 0.05) is 6.42 Å². The molecule has 2 nitrogen and oxygen atoms in total. The van der Waals surface area contributed by atoms with Crippen molar-refractivity contribution in [2.45, 2.75) is 58.3 Å². The van der Waals surface area contributed by atoms with Gasteiger partial charge in [0.05, 0.1) is 20.4 Å². The molecule has 0 aliphatic heterocycles. The topological polar surface area (TPSA) is 18.5 Å². The zero-order chi connectivity index (χ0) is 34.4. The van der Waals surface area contributed by atoms with E-state index in [1.54, 1.807) is 14.2 Å². The minimum atomic E-state index is -1.77. The van der Waals surface area contributed by atoms with Crippen LogP contribution >= 0.6 is 7.26 Å². The first-order valence-electron chi connectivity index (χ1n) is 17.8. The molecular weight excluding hydrogens is 695 g/mol. The van der Waals surface area contributed by atoms with E-state index in [1.165, 1.54) is 52.7 Å². The maximum Gasteiger partial charge on any atom is 0.118 e. The predicted octanol–water partition coefficient (Wildman–Crippen LogP) is 7.95. The third-order valence-corrected chi connectivity index (χ3v) is 13.2. The lowest BCUT2D eigenvalue weighted by Gasteiger charge is -2.27. The third kappa shape index (κ3) is 12.8. The van der Waals surface area contributed by atoms with Crippen LogP contribution in [-0.2, 0) is 12.8 Å². The van der Waals surface area contributed by atoms with Gasteiger partial charge in [-0.05, 0) is 104 Å². The molecule has 0 radical (unpaired) electrons. The summed E-state index contributed by atoms with van der Waals surface area (Å²) in [6.07, 6.45) is 19.8. The molecule has 0 aliphatic rings. The fourth-order valence-electron chi connectivity index (χ4n) is 6.01. The molecule has 0 spiro atoms. The van der Waals surface area contributed by atoms with Crippen LogP contribution in [0.2, 0.25) is 0 Å². The first-order valence-corrected chi connectivity index (χ1v) is 19.8. The normalized spacial score (nSPS) is 11.1. The van der Waals surface area contributed by atoms with E-state index in [0.29, 0.717) is 0 Å². The average Bonchev–Trinajstić information content (AvgIpc) is 3.18. The van der Waals surface area contributed by atoms with Crippen LogP contribution in [0.1, 0.15) is 56.6 Å². The van der Waals surface area contributed by atoms with Crippen molar-refractivity contribution in [3.63, 3.8) is 0 Å². The number of hydrogen-bond donors (Lipinski definition) is 0. The Morgan fingerprint density at radius 3 is 1.34 bits per heavy atom. The number of rotatable bonds is 17. The molecular formula is C46H54BrO2P. The van der Waals surface area contributed by atoms with Crippen LogP contribution in [0.5, 0.6) is 11.5 Å². The van der Waals surface area contributed by atoms with Crippen LogP contribution in [-0.4, -0.2) is 20.4 Å². The lowest BCUT2D eigenvalue weighted by molar-refractivity contribution is -0.0000104. The Labute approximate surface area is 313 Å². The quantitative estimate of drug-likeness (QED) is 0.0547. The Hall–Kier alpha value is -3.91. The van der Waals surface area contributed by atoms with Gasteiger partial charge in [-0.3, -0.25) is 0 Å². The molecule has 0 saturated carbocycles. The van der Waals surface area contributed by atoms with Crippen LogP contribution < -0.4 is 42.4 Å². The molecule has 4 heteroatoms. The van der Waals surface area contributed by atoms with Crippen molar-refractivity contribution in [2.24, 2.45) is 0 Å². The first-order chi connectivity index (χ1) is 24.2. The summed E-state index contributed by atoms with van der Waals surface area (Å²) in [4.78, 5) is 0. The molecule has 0 aromatic heterocycles. The molecule has 50 heavy (non-hydrogen) atoms. The highest BCUT2D eigenvalue weighted by molar-refractivity contribution is 7.95. The number of allylic oxidation sites excluding steroid dienone is 4. The Morgan fingerprint density at radius 1 is 0.480 bits per heavy atom. The molecule has 0 amide bonds. The van der Waals surface area contributed by atoms with E-state index in [-0.39, 0.29) is 17.0 Å². The van der Waals surface area contributed by atoms with E-state index in [0.717, 1.165) is 43.3 Å². The molecule has 0 saturated heterocycles. The van der Waals surface area contributed by atoms with Crippen molar-refractivity contribution in [2.75, 3.05) is 20.4 Å². The standard InChI is InChI=1S/C27H26OP.C19H28O.BrH/c1-28-24-19-17-23(18-20-24)21-22-29(25-11-5-2-6-12-25,26-13-7-3-8-14-26)27-15-9-4-10-16-27;1-3-4-5-6-7-8-9-10-11-12-13-18-14-16-19(20-2)17-15-18;/h2-20H,21-22H2,1H3;7-8,11-12,14-17H,3-6,9-10,13H2,1-2H3;1H/q+1;;/p-1/b;8-7+,12-11?;. The average molecular weight is 750 g/mol. The van der Waals surface area contributed by atoms with Crippen molar-refractivity contribution in [1.82, 2.24) is 0 Å². The van der Waals surface area contributed by atoms with E-state index < -0.39 is 7.26 Å². The highest BCUT2D eigenvalue weighted by Gasteiger charge is 2.44. The van der Waals surface area contributed by atoms with Gasteiger partial charge in [-0.15, -0.1) is 0 Å². The number of hydrogen-bond acceptors (Lipinski definition) is 2. The molecule has 0 heterocycles. The fraction of sp³-hybridized carbons (Fsp3) is 0.261. The maximum atomic E-state index is 5.33. The van der Waals surface area contributed by atoms with Crippen LogP contribution in [0.25, 0.3) is 0 Å². The van der Waals surface area contributed by atoms with Gasteiger partial charge in [0.1, 0.15) is 34.7 Å². The maximum absolute atomic E-state index is 5.33. The lowest BCUT2D eigenvalue weighted by atomic mass is 10.1. The zero-order valence-electron chi connectivity index (χ0n) is 30.1. The minimum absolute atomic E-state index is 0. The SMILES string of the molecule is CCCCC/C=C/CCC=CCc1ccc(OC)cc1.COc1ccc(CC[P+](c2ccccc2)(c2ccccc2)c2ccccc2)cc1.[Br-]. The van der Waals surface area contributed by atoms with Gasteiger partial charge < -0.3 is 26.5 Å².